The predicted molar refractivity (Wildman–Crippen MR) is 149 cm³/mol. The van der Waals surface area contributed by atoms with Crippen molar-refractivity contribution in [3.05, 3.63) is 71.8 Å². The summed E-state index contributed by atoms with van der Waals surface area (Å²) < 4.78 is 5.35. The average molecular weight is 540 g/mol. The molecule has 0 aliphatic carbocycles. The van der Waals surface area contributed by atoms with Crippen LogP contribution in [0.15, 0.2) is 60.7 Å². The van der Waals surface area contributed by atoms with Crippen LogP contribution in [0, 0.1) is 5.92 Å². The number of aryl methyl sites for hydroxylation is 1. The van der Waals surface area contributed by atoms with Crippen LogP contribution in [-0.4, -0.2) is 52.7 Å². The molecule has 3 atom stereocenters. The molecule has 3 amide bonds. The Bertz CT molecular complexity index is 1080. The lowest BCUT2D eigenvalue weighted by Crippen LogP contribution is -2.56. The normalized spacial score (nSPS) is 13.6. The van der Waals surface area contributed by atoms with Crippen LogP contribution in [0.25, 0.3) is 0 Å². The molecule has 0 aromatic heterocycles. The summed E-state index contributed by atoms with van der Waals surface area (Å²) >= 11 is 0. The van der Waals surface area contributed by atoms with Crippen LogP contribution < -0.4 is 16.0 Å². The van der Waals surface area contributed by atoms with E-state index in [4.69, 9.17) is 4.74 Å². The lowest BCUT2D eigenvalue weighted by Gasteiger charge is -2.26. The first-order chi connectivity index (χ1) is 18.3. The molecule has 0 aliphatic rings. The molecule has 0 bridgehead atoms. The second-order valence-corrected chi connectivity index (χ2v) is 11.0. The molecule has 9 nitrogen and oxygen atoms in total. The highest BCUT2D eigenvalue weighted by Crippen LogP contribution is 2.12. The van der Waals surface area contributed by atoms with Gasteiger partial charge in [-0.15, -0.1) is 0 Å². The van der Waals surface area contributed by atoms with E-state index in [-0.39, 0.29) is 25.2 Å². The molecule has 0 radical (unpaired) electrons. The van der Waals surface area contributed by atoms with Crippen LogP contribution in [0.3, 0.4) is 0 Å². The largest absolute Gasteiger partial charge is 0.480 e. The zero-order valence-corrected chi connectivity index (χ0v) is 23.4. The monoisotopic (exact) mass is 539 g/mol. The first-order valence-electron chi connectivity index (χ1n) is 13.2. The van der Waals surface area contributed by atoms with E-state index in [0.717, 1.165) is 11.1 Å². The van der Waals surface area contributed by atoms with E-state index in [1.165, 1.54) is 0 Å². The Labute approximate surface area is 230 Å². The maximum absolute atomic E-state index is 13.4. The number of carbonyl (C=O) groups excluding carboxylic acids is 3. The first kappa shape index (κ1) is 31.3. The fourth-order valence-corrected chi connectivity index (χ4v) is 3.97. The van der Waals surface area contributed by atoms with Gasteiger partial charge in [0.25, 0.3) is 0 Å². The molecule has 0 saturated carbocycles. The molecule has 1 unspecified atom stereocenters. The minimum atomic E-state index is -1.17. The molecule has 212 valence electrons. The number of rotatable bonds is 13. The summed E-state index contributed by atoms with van der Waals surface area (Å²) in [6.07, 6.45) is 0.427. The van der Waals surface area contributed by atoms with Crippen molar-refractivity contribution in [2.24, 2.45) is 5.92 Å². The summed E-state index contributed by atoms with van der Waals surface area (Å²) in [5, 5.41) is 17.7. The summed E-state index contributed by atoms with van der Waals surface area (Å²) in [5.41, 5.74) is 0.995. The van der Waals surface area contributed by atoms with Crippen LogP contribution in [0.5, 0.6) is 0 Å². The van der Waals surface area contributed by atoms with Crippen molar-refractivity contribution in [2.45, 2.75) is 84.0 Å². The average Bonchev–Trinajstić information content (AvgIpc) is 2.85. The second-order valence-electron chi connectivity index (χ2n) is 11.0. The molecule has 0 spiro atoms. The molecule has 2 rings (SSSR count). The van der Waals surface area contributed by atoms with E-state index in [2.05, 4.69) is 16.0 Å². The highest BCUT2D eigenvalue weighted by Gasteiger charge is 2.31. The SMILES string of the molecule is CC(C)C[C@H](NC(=O)C(CCc1ccccc1)NC(=O)OC(C)(C)C)C(=O)N[C@@H](Cc1ccccc1)C(=O)O. The van der Waals surface area contributed by atoms with Crippen molar-refractivity contribution in [3.8, 4) is 0 Å². The first-order valence-corrected chi connectivity index (χ1v) is 13.2. The molecule has 0 fully saturated rings. The molecule has 0 aliphatic heterocycles. The van der Waals surface area contributed by atoms with E-state index in [1.54, 1.807) is 45.0 Å². The van der Waals surface area contributed by atoms with Gasteiger partial charge >= 0.3 is 12.1 Å². The van der Waals surface area contributed by atoms with Crippen molar-refractivity contribution < 1.29 is 29.0 Å². The summed E-state index contributed by atoms with van der Waals surface area (Å²) in [4.78, 5) is 51.0. The molecule has 39 heavy (non-hydrogen) atoms. The maximum atomic E-state index is 13.4. The van der Waals surface area contributed by atoms with Crippen LogP contribution in [0.2, 0.25) is 0 Å². The van der Waals surface area contributed by atoms with Gasteiger partial charge in [0.2, 0.25) is 11.8 Å². The van der Waals surface area contributed by atoms with E-state index < -0.39 is 47.6 Å². The summed E-state index contributed by atoms with van der Waals surface area (Å²) in [6.45, 7) is 8.97. The van der Waals surface area contributed by atoms with Crippen molar-refractivity contribution in [1.82, 2.24) is 16.0 Å². The van der Waals surface area contributed by atoms with Gasteiger partial charge in [0, 0.05) is 6.42 Å². The molecule has 0 saturated heterocycles. The summed E-state index contributed by atoms with van der Waals surface area (Å²) in [5.74, 6) is -2.29. The highest BCUT2D eigenvalue weighted by molar-refractivity contribution is 5.93. The number of amides is 3. The minimum absolute atomic E-state index is 0.0278. The van der Waals surface area contributed by atoms with Gasteiger partial charge in [-0.3, -0.25) is 9.59 Å². The third-order valence-corrected chi connectivity index (χ3v) is 5.81. The maximum Gasteiger partial charge on any atom is 0.408 e. The molecule has 2 aromatic carbocycles. The number of hydrogen-bond acceptors (Lipinski definition) is 5. The van der Waals surface area contributed by atoms with Crippen molar-refractivity contribution in [3.63, 3.8) is 0 Å². The molecule has 9 heteroatoms. The Morgan fingerprint density at radius 3 is 1.79 bits per heavy atom. The molecule has 0 heterocycles. The van der Waals surface area contributed by atoms with Gasteiger partial charge in [-0.25, -0.2) is 9.59 Å². The predicted octanol–water partition coefficient (Wildman–Crippen LogP) is 3.86. The van der Waals surface area contributed by atoms with Crippen LogP contribution in [-0.2, 0) is 32.0 Å². The third kappa shape index (κ3) is 12.0. The second kappa shape index (κ2) is 14.9. The number of nitrogens with one attached hydrogen (secondary N) is 3. The van der Waals surface area contributed by atoms with Crippen LogP contribution >= 0.6 is 0 Å². The van der Waals surface area contributed by atoms with Crippen LogP contribution in [0.1, 0.15) is 58.6 Å². The van der Waals surface area contributed by atoms with Crippen molar-refractivity contribution in [1.29, 1.82) is 0 Å². The van der Waals surface area contributed by atoms with Gasteiger partial charge in [-0.1, -0.05) is 74.5 Å². The Morgan fingerprint density at radius 1 is 0.769 bits per heavy atom. The van der Waals surface area contributed by atoms with Gasteiger partial charge in [0.15, 0.2) is 0 Å². The quantitative estimate of drug-likeness (QED) is 0.306. The smallest absolute Gasteiger partial charge is 0.408 e. The zero-order valence-electron chi connectivity index (χ0n) is 23.4. The number of benzene rings is 2. The van der Waals surface area contributed by atoms with E-state index >= 15 is 0 Å². The number of alkyl carbamates (subject to hydrolysis) is 1. The highest BCUT2D eigenvalue weighted by atomic mass is 16.6. The Balaban J connectivity index is 2.17. The Hall–Kier alpha value is -3.88. The van der Waals surface area contributed by atoms with E-state index in [1.807, 2.05) is 50.2 Å². The third-order valence-electron chi connectivity index (χ3n) is 5.81. The van der Waals surface area contributed by atoms with Crippen LogP contribution in [0.4, 0.5) is 4.79 Å². The summed E-state index contributed by atoms with van der Waals surface area (Å²) in [6, 6.07) is 15.4. The van der Waals surface area contributed by atoms with Gasteiger partial charge in [0.05, 0.1) is 0 Å². The van der Waals surface area contributed by atoms with E-state index in [0.29, 0.717) is 6.42 Å². The molecule has 2 aromatic rings. The lowest BCUT2D eigenvalue weighted by molar-refractivity contribution is -0.142. The van der Waals surface area contributed by atoms with Crippen molar-refractivity contribution in [2.75, 3.05) is 0 Å². The number of aliphatic carboxylic acids is 1. The fourth-order valence-electron chi connectivity index (χ4n) is 3.97. The van der Waals surface area contributed by atoms with Crippen molar-refractivity contribution >= 4 is 23.9 Å². The number of carboxylic acids is 1. The van der Waals surface area contributed by atoms with Gasteiger partial charge in [-0.2, -0.15) is 0 Å². The number of carboxylic acid groups (broad SMARTS) is 1. The zero-order chi connectivity index (χ0) is 29.0. The van der Waals surface area contributed by atoms with Gasteiger partial charge in [-0.05, 0) is 57.1 Å². The fraction of sp³-hybridized carbons (Fsp3) is 0.467. The number of carbonyl (C=O) groups is 4. The van der Waals surface area contributed by atoms with Gasteiger partial charge < -0.3 is 25.8 Å². The number of hydrogen-bond donors (Lipinski definition) is 4. The molecular weight excluding hydrogens is 498 g/mol. The molecule has 4 N–H and O–H groups in total. The Morgan fingerprint density at radius 2 is 1.28 bits per heavy atom. The number of ether oxygens (including phenoxy) is 1. The minimum Gasteiger partial charge on any atom is -0.480 e. The Kier molecular flexibility index (Phi) is 12.0. The lowest BCUT2D eigenvalue weighted by atomic mass is 10.00. The topological polar surface area (TPSA) is 134 Å². The van der Waals surface area contributed by atoms with Gasteiger partial charge in [0.1, 0.15) is 23.7 Å². The summed E-state index contributed by atoms with van der Waals surface area (Å²) in [7, 11) is 0. The standard InChI is InChI=1S/C30H41N3O6/c1-20(2)18-24(27(35)32-25(28(36)37)19-22-14-10-7-11-15-22)31-26(34)23(33-29(38)39-30(3,4)5)17-16-21-12-8-6-9-13-21/h6-15,20,23-25H,16-19H2,1-5H3,(H,31,34)(H,32,35)(H,33,38)(H,36,37)/t23?,24-,25-/m0/s1. The van der Waals surface area contributed by atoms with E-state index in [9.17, 15) is 24.3 Å². The molecular formula is C30H41N3O6.